The maximum Gasteiger partial charge on any atom is 0.420 e. The first kappa shape index (κ1) is 27.9. The summed E-state index contributed by atoms with van der Waals surface area (Å²) in [6, 6.07) is -2.63. The maximum absolute atomic E-state index is 13.5. The number of hydrogen-bond donors (Lipinski definition) is 2. The van der Waals surface area contributed by atoms with Gasteiger partial charge in [-0.15, -0.1) is 0 Å². The van der Waals surface area contributed by atoms with Crippen LogP contribution in [0.5, 0.6) is 0 Å². The minimum absolute atomic E-state index is 0.366. The molecule has 1 fully saturated rings. The first-order valence-electron chi connectivity index (χ1n) is 10.6. The summed E-state index contributed by atoms with van der Waals surface area (Å²) >= 11 is 0. The summed E-state index contributed by atoms with van der Waals surface area (Å²) in [5, 5.41) is 7.54. The molecule has 1 saturated heterocycles. The van der Waals surface area contributed by atoms with Crippen LogP contribution in [0.4, 0.5) is 9.59 Å². The Morgan fingerprint density at radius 1 is 0.906 bits per heavy atom. The number of amides is 3. The number of Topliss-reactive ketones (excluding diaryl/α,β-unsaturated/α-hetero) is 1. The van der Waals surface area contributed by atoms with Gasteiger partial charge in [0.1, 0.15) is 17.2 Å². The second-order valence-corrected chi connectivity index (χ2v) is 19.5. The number of thiol groups is 1. The van der Waals surface area contributed by atoms with Gasteiger partial charge >= 0.3 is 12.2 Å². The monoisotopic (exact) mass is 475 g/mol. The van der Waals surface area contributed by atoms with Crippen molar-refractivity contribution in [3.8, 4) is 0 Å². The molecular formula is C22H41N3O6S. The van der Waals surface area contributed by atoms with Gasteiger partial charge in [-0.25, -0.2) is 18.9 Å². The van der Waals surface area contributed by atoms with Crippen molar-refractivity contribution in [3.05, 3.63) is 0 Å². The van der Waals surface area contributed by atoms with Gasteiger partial charge < -0.3 is 19.2 Å². The summed E-state index contributed by atoms with van der Waals surface area (Å²) in [7, 11) is -3.04. The fraction of sp³-hybridized carbons (Fsp3) is 0.773. The Bertz CT molecular complexity index is 796. The van der Waals surface area contributed by atoms with E-state index in [-0.39, 0.29) is 4.75 Å². The van der Waals surface area contributed by atoms with Crippen LogP contribution in [-0.4, -0.2) is 86.1 Å². The Morgan fingerprint density at radius 3 is 1.56 bits per heavy atom. The van der Waals surface area contributed by atoms with E-state index in [0.29, 0.717) is 11.1 Å². The van der Waals surface area contributed by atoms with E-state index in [0.717, 1.165) is 0 Å². The third-order valence-electron chi connectivity index (χ3n) is 6.00. The predicted molar refractivity (Wildman–Crippen MR) is 129 cm³/mol. The molecule has 0 saturated carbocycles. The lowest BCUT2D eigenvalue weighted by atomic mass is 9.93. The topological polar surface area (TPSA) is 117 Å². The van der Waals surface area contributed by atoms with Crippen LogP contribution in [0.15, 0.2) is 0 Å². The van der Waals surface area contributed by atoms with Crippen LogP contribution < -0.4 is 0 Å². The van der Waals surface area contributed by atoms with Gasteiger partial charge in [0.25, 0.3) is 5.91 Å². The van der Waals surface area contributed by atoms with Gasteiger partial charge in [-0.05, 0) is 65.1 Å². The summed E-state index contributed by atoms with van der Waals surface area (Å²) in [5.41, 5.74) is -1.90. The molecule has 1 aliphatic heterocycles. The third-order valence-corrected chi connectivity index (χ3v) is 12.6. The van der Waals surface area contributed by atoms with E-state index in [1.807, 2.05) is 39.5 Å². The Labute approximate surface area is 192 Å². The zero-order chi connectivity index (χ0) is 25.7. The smallest absolute Gasteiger partial charge is 0.420 e. The van der Waals surface area contributed by atoms with Crippen molar-refractivity contribution in [2.75, 3.05) is 18.8 Å². The minimum Gasteiger partial charge on any atom is -0.443 e. The Hall–Kier alpha value is -2.10. The second kappa shape index (κ2) is 8.04. The number of ketones is 1. The summed E-state index contributed by atoms with van der Waals surface area (Å²) in [6.07, 6.45) is 4.33. The molecule has 32 heavy (non-hydrogen) atoms. The largest absolute Gasteiger partial charge is 0.443 e. The lowest BCUT2D eigenvalue weighted by Gasteiger charge is -2.74. The summed E-state index contributed by atoms with van der Waals surface area (Å²) in [6.45, 7) is 15.7. The molecule has 10 heteroatoms. The van der Waals surface area contributed by atoms with Crippen molar-refractivity contribution in [1.82, 2.24) is 9.21 Å². The van der Waals surface area contributed by atoms with Crippen LogP contribution in [0.1, 0.15) is 62.3 Å². The number of rotatable bonds is 4. The molecule has 1 rings (SSSR count). The fourth-order valence-electron chi connectivity index (χ4n) is 3.10. The van der Waals surface area contributed by atoms with Gasteiger partial charge in [-0.1, -0.05) is 20.8 Å². The number of nitrogens with one attached hydrogen (secondary N) is 1. The van der Waals surface area contributed by atoms with E-state index in [1.165, 1.54) is 4.31 Å². The van der Waals surface area contributed by atoms with E-state index in [4.69, 9.17) is 14.9 Å². The zero-order valence-electron chi connectivity index (χ0n) is 21.5. The zero-order valence-corrected chi connectivity index (χ0v) is 22.4. The lowest BCUT2D eigenvalue weighted by molar-refractivity contribution is -0.152. The number of carbonyl (C=O) groups is 4. The van der Waals surface area contributed by atoms with Crippen molar-refractivity contribution in [1.29, 1.82) is 5.41 Å². The molecule has 1 aliphatic rings. The van der Waals surface area contributed by atoms with E-state index in [9.17, 15) is 19.2 Å². The molecule has 2 atom stereocenters. The molecule has 1 heterocycles. The summed E-state index contributed by atoms with van der Waals surface area (Å²) in [4.78, 5) is 53.0. The van der Waals surface area contributed by atoms with Crippen LogP contribution >= 0.6 is 9.35 Å². The van der Waals surface area contributed by atoms with Crippen molar-refractivity contribution in [2.24, 2.45) is 0 Å². The molecule has 0 radical (unpaired) electrons. The Kier molecular flexibility index (Phi) is 7.02. The molecule has 0 bridgehead atoms. The van der Waals surface area contributed by atoms with Crippen molar-refractivity contribution in [2.45, 2.75) is 90.3 Å². The molecular weight excluding hydrogens is 434 g/mol. The van der Waals surface area contributed by atoms with Gasteiger partial charge in [0.05, 0.1) is 6.21 Å². The van der Waals surface area contributed by atoms with Gasteiger partial charge in [0.15, 0.2) is 11.8 Å². The van der Waals surface area contributed by atoms with Gasteiger partial charge in [0.2, 0.25) is 0 Å². The summed E-state index contributed by atoms with van der Waals surface area (Å²) in [5.74, 6) is -1.21. The minimum atomic E-state index is -3.04. The van der Waals surface area contributed by atoms with E-state index in [2.05, 4.69) is 0 Å². The third kappa shape index (κ3) is 5.27. The Balaban J connectivity index is 3.63. The number of hydrogen-bond acceptors (Lipinski definition) is 7. The second-order valence-electron chi connectivity index (χ2n) is 12.3. The molecule has 0 spiro atoms. The first-order chi connectivity index (χ1) is 13.9. The molecule has 1 N–H and O–H groups in total. The molecule has 2 unspecified atom stereocenters. The average molecular weight is 476 g/mol. The molecule has 9 nitrogen and oxygen atoms in total. The standard InChI is InChI=1S/C22H41N3O6S/c1-20(2,3)30-18(28)24(19(29)31-21(4,5)6)16-15(14(26)13-23)25(17(16)27)32(10,11,12)22(7,8)9/h13,15-16,23,32H,1-12H3. The van der Waals surface area contributed by atoms with Crippen LogP contribution in [0.2, 0.25) is 0 Å². The molecule has 0 aromatic carbocycles. The van der Waals surface area contributed by atoms with Crippen LogP contribution in [0, 0.1) is 5.41 Å². The van der Waals surface area contributed by atoms with Crippen LogP contribution in [0.25, 0.3) is 0 Å². The molecule has 186 valence electrons. The molecule has 0 aliphatic carbocycles. The Morgan fingerprint density at radius 2 is 1.28 bits per heavy atom. The van der Waals surface area contributed by atoms with Crippen LogP contribution in [0.3, 0.4) is 0 Å². The predicted octanol–water partition coefficient (Wildman–Crippen LogP) is 3.63. The number of nitrogens with zero attached hydrogens (tertiary/aromatic N) is 2. The quantitative estimate of drug-likeness (QED) is 0.364. The molecule has 0 aromatic rings. The van der Waals surface area contributed by atoms with Crippen LogP contribution in [-0.2, 0) is 19.1 Å². The van der Waals surface area contributed by atoms with Crippen molar-refractivity contribution >= 4 is 39.4 Å². The number of β-lactam (4-membered cyclic amide) rings is 1. The highest BCUT2D eigenvalue weighted by atomic mass is 32.3. The van der Waals surface area contributed by atoms with Gasteiger partial charge in [-0.3, -0.25) is 9.59 Å². The average Bonchev–Trinajstić information content (AvgIpc) is 2.50. The van der Waals surface area contributed by atoms with Crippen molar-refractivity contribution < 1.29 is 28.7 Å². The lowest BCUT2D eigenvalue weighted by Crippen LogP contribution is -2.78. The highest BCUT2D eigenvalue weighted by Crippen LogP contribution is 2.74. The normalized spacial score (nSPS) is 21.1. The van der Waals surface area contributed by atoms with E-state index in [1.54, 1.807) is 41.5 Å². The number of carbonyl (C=O) groups excluding carboxylic acids is 4. The fourth-order valence-corrected chi connectivity index (χ4v) is 5.67. The first-order valence-corrected chi connectivity index (χ1v) is 14.1. The van der Waals surface area contributed by atoms with Crippen molar-refractivity contribution in [3.63, 3.8) is 0 Å². The SMILES string of the molecule is CC(C)(C)OC(=O)N(C(=O)OC(C)(C)C)C1C(=O)N([SH](C)(C)(C)C(C)(C)C)C1C(=O)C=N. The van der Waals surface area contributed by atoms with E-state index >= 15 is 0 Å². The maximum atomic E-state index is 13.5. The molecule has 0 aromatic heterocycles. The number of imide groups is 1. The highest BCUT2D eigenvalue weighted by Gasteiger charge is 2.65. The highest BCUT2D eigenvalue weighted by molar-refractivity contribution is 8.47. The summed E-state index contributed by atoms with van der Waals surface area (Å²) < 4.78 is 11.9. The van der Waals surface area contributed by atoms with Gasteiger partial charge in [0, 0.05) is 0 Å². The molecule has 3 amide bonds. The van der Waals surface area contributed by atoms with E-state index < -0.39 is 56.5 Å². The van der Waals surface area contributed by atoms with Gasteiger partial charge in [-0.2, -0.15) is 4.90 Å². The number of ether oxygens (including phenoxy) is 2.